The van der Waals surface area contributed by atoms with Gasteiger partial charge in [0.25, 0.3) is 0 Å². The van der Waals surface area contributed by atoms with Crippen molar-refractivity contribution in [1.82, 2.24) is 0 Å². The maximum atomic E-state index is 14.5. The Morgan fingerprint density at radius 2 is 1.14 bits per heavy atom. The zero-order valence-electron chi connectivity index (χ0n) is 27.3. The highest BCUT2D eigenvalue weighted by Gasteiger charge is 2.63. The van der Waals surface area contributed by atoms with Crippen LogP contribution in [0.4, 0.5) is 11.4 Å². The van der Waals surface area contributed by atoms with Gasteiger partial charge in [-0.25, -0.2) is 0 Å². The van der Waals surface area contributed by atoms with Crippen molar-refractivity contribution >= 4 is 46.6 Å². The number of fused-ring (bicyclic) bond motifs is 4. The van der Waals surface area contributed by atoms with E-state index in [1.807, 2.05) is 6.08 Å². The average molecular weight is 663 g/mol. The van der Waals surface area contributed by atoms with Crippen LogP contribution in [0.2, 0.25) is 0 Å². The van der Waals surface area contributed by atoms with E-state index in [4.69, 9.17) is 9.47 Å². The monoisotopic (exact) mass is 662 g/mol. The molecule has 7 rings (SSSR count). The number of Topliss-reactive ketones (excluding diaryl/α,β-unsaturated/α-hetero) is 2. The number of ether oxygens (including phenoxy) is 2. The molecule has 11 nitrogen and oxygen atoms in total. The van der Waals surface area contributed by atoms with Gasteiger partial charge in [-0.05, 0) is 81.1 Å². The largest absolute Gasteiger partial charge is 0.508 e. The number of phenolic OH excluding ortho intramolecular Hbond substituents is 1. The molecule has 49 heavy (non-hydrogen) atoms. The van der Waals surface area contributed by atoms with Gasteiger partial charge in [-0.3, -0.25) is 38.6 Å². The van der Waals surface area contributed by atoms with E-state index in [0.717, 1.165) is 10.5 Å². The van der Waals surface area contributed by atoms with E-state index in [1.165, 1.54) is 45.1 Å². The van der Waals surface area contributed by atoms with Gasteiger partial charge in [0.2, 0.25) is 23.6 Å². The van der Waals surface area contributed by atoms with Crippen LogP contribution in [-0.4, -0.2) is 54.5 Å². The second-order valence-corrected chi connectivity index (χ2v) is 13.0. The number of hydrogen-bond acceptors (Lipinski definition) is 9. The number of carbonyl (C=O) groups is 6. The number of anilines is 2. The molecule has 4 aliphatic rings. The van der Waals surface area contributed by atoms with Gasteiger partial charge in [0.05, 0.1) is 49.3 Å². The van der Waals surface area contributed by atoms with Gasteiger partial charge >= 0.3 is 0 Å². The lowest BCUT2D eigenvalue weighted by molar-refractivity contribution is -0.126. The molecule has 6 unspecified atom stereocenters. The molecule has 6 atom stereocenters. The Morgan fingerprint density at radius 3 is 1.61 bits per heavy atom. The normalized spacial score (nSPS) is 25.8. The molecule has 0 bridgehead atoms. The van der Waals surface area contributed by atoms with Crippen molar-refractivity contribution in [3.8, 4) is 17.2 Å². The molecule has 1 saturated carbocycles. The number of nitrogens with zero attached hydrogens (tertiary/aromatic N) is 2. The summed E-state index contributed by atoms with van der Waals surface area (Å²) in [4.78, 5) is 83.1. The summed E-state index contributed by atoms with van der Waals surface area (Å²) in [6.45, 7) is 2.87. The van der Waals surface area contributed by atoms with Gasteiger partial charge in [0, 0.05) is 34.7 Å². The van der Waals surface area contributed by atoms with Crippen LogP contribution in [0.1, 0.15) is 58.9 Å². The van der Waals surface area contributed by atoms with Gasteiger partial charge < -0.3 is 14.6 Å². The van der Waals surface area contributed by atoms with Crippen LogP contribution in [0.5, 0.6) is 17.2 Å². The smallest absolute Gasteiger partial charge is 0.238 e. The summed E-state index contributed by atoms with van der Waals surface area (Å²) < 4.78 is 11.4. The predicted molar refractivity (Wildman–Crippen MR) is 177 cm³/mol. The molecular formula is C38H34N2O9. The topological polar surface area (TPSA) is 148 Å². The van der Waals surface area contributed by atoms with Gasteiger partial charge in [0.1, 0.15) is 17.2 Å². The van der Waals surface area contributed by atoms with E-state index in [0.29, 0.717) is 28.1 Å². The molecule has 1 N–H and O–H groups in total. The van der Waals surface area contributed by atoms with Crippen LogP contribution < -0.4 is 19.3 Å². The van der Waals surface area contributed by atoms with Crippen molar-refractivity contribution in [2.45, 2.75) is 32.6 Å². The van der Waals surface area contributed by atoms with Crippen LogP contribution in [0, 0.1) is 29.6 Å². The van der Waals surface area contributed by atoms with Gasteiger partial charge in [-0.1, -0.05) is 11.6 Å². The van der Waals surface area contributed by atoms with Crippen LogP contribution in [0.3, 0.4) is 0 Å². The molecule has 3 fully saturated rings. The lowest BCUT2D eigenvalue weighted by Crippen LogP contribution is -2.43. The minimum Gasteiger partial charge on any atom is -0.508 e. The summed E-state index contributed by atoms with van der Waals surface area (Å²) in [6, 6.07) is 15.4. The number of carbonyl (C=O) groups excluding carboxylic acids is 6. The van der Waals surface area contributed by atoms with Crippen molar-refractivity contribution in [1.29, 1.82) is 0 Å². The fourth-order valence-corrected chi connectivity index (χ4v) is 8.34. The molecule has 11 heteroatoms. The Labute approximate surface area is 282 Å². The van der Waals surface area contributed by atoms with Crippen molar-refractivity contribution in [3.63, 3.8) is 0 Å². The number of benzene rings is 3. The first-order valence-electron chi connectivity index (χ1n) is 16.1. The quantitative estimate of drug-likeness (QED) is 0.213. The molecule has 4 amide bonds. The summed E-state index contributed by atoms with van der Waals surface area (Å²) in [6.07, 6.45) is 2.30. The fraction of sp³-hybridized carbons (Fsp3) is 0.316. The highest BCUT2D eigenvalue weighted by atomic mass is 16.5. The fourth-order valence-electron chi connectivity index (χ4n) is 8.34. The van der Waals surface area contributed by atoms with E-state index in [-0.39, 0.29) is 47.6 Å². The zero-order valence-corrected chi connectivity index (χ0v) is 27.3. The molecule has 2 saturated heterocycles. The number of imide groups is 2. The lowest BCUT2D eigenvalue weighted by Gasteiger charge is -2.44. The Hall–Kier alpha value is -5.58. The number of allylic oxidation sites excluding steroid dienone is 2. The lowest BCUT2D eigenvalue weighted by atomic mass is 9.57. The van der Waals surface area contributed by atoms with Crippen LogP contribution >= 0.6 is 0 Å². The first kappa shape index (κ1) is 32.0. The summed E-state index contributed by atoms with van der Waals surface area (Å²) in [5.74, 6) is -6.22. The van der Waals surface area contributed by atoms with E-state index >= 15 is 0 Å². The Kier molecular flexibility index (Phi) is 7.73. The molecule has 2 aliphatic carbocycles. The molecule has 0 spiro atoms. The van der Waals surface area contributed by atoms with E-state index in [9.17, 15) is 33.9 Å². The van der Waals surface area contributed by atoms with Crippen molar-refractivity contribution in [2.24, 2.45) is 29.6 Å². The number of phenols is 1. The molecule has 0 radical (unpaired) electrons. The highest BCUT2D eigenvalue weighted by Crippen LogP contribution is 2.61. The van der Waals surface area contributed by atoms with E-state index in [2.05, 4.69) is 0 Å². The first-order chi connectivity index (χ1) is 23.5. The number of hydrogen-bond donors (Lipinski definition) is 1. The number of ketones is 2. The van der Waals surface area contributed by atoms with Crippen LogP contribution in [0.25, 0.3) is 0 Å². The number of methoxy groups -OCH3 is 2. The Bertz CT molecular complexity index is 1960. The van der Waals surface area contributed by atoms with Gasteiger partial charge in [0.15, 0.2) is 11.6 Å². The molecule has 2 heterocycles. The first-order valence-corrected chi connectivity index (χ1v) is 16.1. The highest BCUT2D eigenvalue weighted by molar-refractivity contribution is 6.24. The number of amides is 4. The Morgan fingerprint density at radius 1 is 0.673 bits per heavy atom. The van der Waals surface area contributed by atoms with E-state index in [1.54, 1.807) is 48.5 Å². The van der Waals surface area contributed by atoms with Crippen LogP contribution in [0.15, 0.2) is 72.3 Å². The number of rotatable bonds is 7. The average Bonchev–Trinajstić information content (AvgIpc) is 3.50. The third-order valence-electron chi connectivity index (χ3n) is 10.6. The molecular weight excluding hydrogens is 628 g/mol. The second kappa shape index (κ2) is 11.8. The van der Waals surface area contributed by atoms with Crippen molar-refractivity contribution < 1.29 is 43.3 Å². The standard InChI is InChI=1S/C38H34N2O9/c1-18(41)20-5-9-22(10-6-20)39-35(44)26-14-13-25-27(31(26)37(39)46)17-28-33(32(25)34-29(48-3)15-24(43)16-30(34)49-4)38(47)40(36(28)45)23-11-7-21(8-12-23)19(2)42/h5-13,15-16,26-28,31-33,43H,14,17H2,1-4H3. The maximum absolute atomic E-state index is 14.5. The van der Waals surface area contributed by atoms with E-state index < -0.39 is 53.2 Å². The summed E-state index contributed by atoms with van der Waals surface area (Å²) in [5.41, 5.74) is 2.75. The molecule has 3 aromatic carbocycles. The Balaban J connectivity index is 1.35. The summed E-state index contributed by atoms with van der Waals surface area (Å²) in [7, 11) is 2.86. The van der Waals surface area contributed by atoms with Gasteiger partial charge in [-0.2, -0.15) is 0 Å². The zero-order chi connectivity index (χ0) is 34.9. The van der Waals surface area contributed by atoms with Crippen molar-refractivity contribution in [2.75, 3.05) is 24.0 Å². The third kappa shape index (κ3) is 4.86. The number of aromatic hydroxyl groups is 1. The third-order valence-corrected chi connectivity index (χ3v) is 10.6. The minimum atomic E-state index is -0.909. The second-order valence-electron chi connectivity index (χ2n) is 13.0. The summed E-state index contributed by atoms with van der Waals surface area (Å²) in [5, 5.41) is 10.5. The molecule has 2 aliphatic heterocycles. The molecule has 250 valence electrons. The predicted octanol–water partition coefficient (Wildman–Crippen LogP) is 4.86. The maximum Gasteiger partial charge on any atom is 0.238 e. The molecule has 3 aromatic rings. The van der Waals surface area contributed by atoms with Crippen molar-refractivity contribution in [3.05, 3.63) is 89.0 Å². The summed E-state index contributed by atoms with van der Waals surface area (Å²) >= 11 is 0. The van der Waals surface area contributed by atoms with Gasteiger partial charge in [-0.15, -0.1) is 0 Å². The van der Waals surface area contributed by atoms with Crippen LogP contribution in [-0.2, 0) is 19.2 Å². The SMILES string of the molecule is COc1cc(O)cc(OC)c1C1C2=CCC3C(=O)N(c4ccc(C(C)=O)cc4)C(=O)C3C2CC2C(=O)N(c3ccc(C(C)=O)cc3)C(=O)C21. The minimum absolute atomic E-state index is 0.122. The molecule has 0 aromatic heterocycles.